The third kappa shape index (κ3) is 8.83. The zero-order valence-electron chi connectivity index (χ0n) is 22.1. The van der Waals surface area contributed by atoms with E-state index in [-0.39, 0.29) is 48.9 Å². The van der Waals surface area contributed by atoms with Gasteiger partial charge in [-0.1, -0.05) is 58.1 Å². The monoisotopic (exact) mass is 494 g/mol. The average molecular weight is 495 g/mol. The first-order chi connectivity index (χ1) is 16.4. The highest BCUT2D eigenvalue weighted by atomic mass is 16.6. The van der Waals surface area contributed by atoms with Crippen LogP contribution in [0.2, 0.25) is 0 Å². The number of epoxide rings is 1. The molecule has 0 aromatic heterocycles. The molecule has 1 fully saturated rings. The summed E-state index contributed by atoms with van der Waals surface area (Å²) in [5.74, 6) is -1.07. The largest absolute Gasteiger partial charge is 0.457 e. The SMILES string of the molecule is CCC(O)C(C)C1OC1CC(C)/C=C/C=C/C1OC(=O)C(C)C(O)CCC(C)(O)C(O)/C=C\C1C. The topological polar surface area (TPSA) is 120 Å². The van der Waals surface area contributed by atoms with Crippen LogP contribution in [-0.2, 0) is 14.3 Å². The van der Waals surface area contributed by atoms with E-state index in [1.165, 1.54) is 13.0 Å². The van der Waals surface area contributed by atoms with Crippen molar-refractivity contribution in [2.24, 2.45) is 23.7 Å². The van der Waals surface area contributed by atoms with Crippen LogP contribution in [0.5, 0.6) is 0 Å². The maximum absolute atomic E-state index is 12.6. The van der Waals surface area contributed by atoms with E-state index in [4.69, 9.17) is 9.47 Å². The van der Waals surface area contributed by atoms with Crippen LogP contribution in [0.4, 0.5) is 0 Å². The Kier molecular flexibility index (Phi) is 11.2. The van der Waals surface area contributed by atoms with Gasteiger partial charge in [0.1, 0.15) is 12.2 Å². The summed E-state index contributed by atoms with van der Waals surface area (Å²) >= 11 is 0. The van der Waals surface area contributed by atoms with Crippen LogP contribution in [-0.4, -0.2) is 68.6 Å². The van der Waals surface area contributed by atoms with Crippen molar-refractivity contribution >= 4 is 5.97 Å². The predicted molar refractivity (Wildman–Crippen MR) is 135 cm³/mol. The van der Waals surface area contributed by atoms with Gasteiger partial charge in [-0.3, -0.25) is 4.79 Å². The van der Waals surface area contributed by atoms with E-state index in [1.54, 1.807) is 19.1 Å². The van der Waals surface area contributed by atoms with Crippen molar-refractivity contribution in [3.8, 4) is 0 Å². The average Bonchev–Trinajstić information content (AvgIpc) is 3.58. The summed E-state index contributed by atoms with van der Waals surface area (Å²) in [4.78, 5) is 12.6. The normalized spacial score (nSPS) is 40.5. The van der Waals surface area contributed by atoms with E-state index in [1.807, 2.05) is 32.9 Å². The Morgan fingerprint density at radius 3 is 2.54 bits per heavy atom. The fourth-order valence-electron chi connectivity index (χ4n) is 4.43. The summed E-state index contributed by atoms with van der Waals surface area (Å²) in [6.45, 7) is 11.1. The summed E-state index contributed by atoms with van der Waals surface area (Å²) < 4.78 is 11.5. The van der Waals surface area contributed by atoms with Crippen molar-refractivity contribution in [2.45, 2.75) is 109 Å². The third-order valence-corrected chi connectivity index (χ3v) is 7.52. The van der Waals surface area contributed by atoms with Crippen LogP contribution in [0, 0.1) is 23.7 Å². The van der Waals surface area contributed by atoms with Crippen molar-refractivity contribution in [3.63, 3.8) is 0 Å². The van der Waals surface area contributed by atoms with Gasteiger partial charge in [0.15, 0.2) is 0 Å². The highest BCUT2D eigenvalue weighted by Crippen LogP contribution is 2.36. The molecular weight excluding hydrogens is 448 g/mol. The van der Waals surface area contributed by atoms with Gasteiger partial charge in [0.25, 0.3) is 0 Å². The van der Waals surface area contributed by atoms with E-state index >= 15 is 0 Å². The predicted octanol–water partition coefficient (Wildman–Crippen LogP) is 3.31. The molecule has 0 aromatic rings. The number of esters is 1. The number of cyclic esters (lactones) is 1. The van der Waals surface area contributed by atoms with Crippen molar-refractivity contribution in [1.82, 2.24) is 0 Å². The molecule has 1 saturated heterocycles. The second-order valence-corrected chi connectivity index (χ2v) is 10.8. The van der Waals surface area contributed by atoms with E-state index in [0.717, 1.165) is 12.8 Å². The van der Waals surface area contributed by atoms with Crippen LogP contribution >= 0.6 is 0 Å². The number of carbonyl (C=O) groups is 1. The number of carbonyl (C=O) groups excluding carboxylic acids is 1. The molecule has 4 N–H and O–H groups in total. The summed E-state index contributed by atoms with van der Waals surface area (Å²) in [5.41, 5.74) is -1.40. The van der Waals surface area contributed by atoms with Gasteiger partial charge in [0, 0.05) is 11.8 Å². The molecule has 11 unspecified atom stereocenters. The lowest BCUT2D eigenvalue weighted by Gasteiger charge is -2.31. The van der Waals surface area contributed by atoms with Crippen LogP contribution < -0.4 is 0 Å². The molecule has 0 bridgehead atoms. The lowest BCUT2D eigenvalue weighted by molar-refractivity contribution is -0.157. The summed E-state index contributed by atoms with van der Waals surface area (Å²) in [6.07, 6.45) is 10.1. The molecule has 2 rings (SSSR count). The van der Waals surface area contributed by atoms with Gasteiger partial charge in [0.05, 0.1) is 35.9 Å². The number of aliphatic hydroxyl groups excluding tert-OH is 3. The van der Waals surface area contributed by atoms with Crippen LogP contribution in [0.1, 0.15) is 67.2 Å². The molecule has 7 nitrogen and oxygen atoms in total. The second-order valence-electron chi connectivity index (χ2n) is 10.8. The fourth-order valence-corrected chi connectivity index (χ4v) is 4.43. The van der Waals surface area contributed by atoms with Crippen molar-refractivity contribution in [2.75, 3.05) is 0 Å². The van der Waals surface area contributed by atoms with Crippen molar-refractivity contribution < 1.29 is 34.7 Å². The van der Waals surface area contributed by atoms with Crippen LogP contribution in [0.3, 0.4) is 0 Å². The lowest BCUT2D eigenvalue weighted by Crippen LogP contribution is -2.41. The molecule has 2 heterocycles. The fraction of sp³-hybridized carbons (Fsp3) is 0.750. The Labute approximate surface area is 210 Å². The Hall–Kier alpha value is -1.51. The first-order valence-electron chi connectivity index (χ1n) is 13.0. The molecule has 0 radical (unpaired) electrons. The molecule has 2 aliphatic heterocycles. The zero-order chi connectivity index (χ0) is 26.3. The molecule has 0 amide bonds. The highest BCUT2D eigenvalue weighted by Gasteiger charge is 2.44. The van der Waals surface area contributed by atoms with E-state index < -0.39 is 35.8 Å². The molecule has 7 heteroatoms. The Balaban J connectivity index is 2.01. The van der Waals surface area contributed by atoms with Gasteiger partial charge in [-0.2, -0.15) is 0 Å². The van der Waals surface area contributed by atoms with Crippen molar-refractivity contribution in [1.29, 1.82) is 0 Å². The van der Waals surface area contributed by atoms with Gasteiger partial charge in [-0.05, 0) is 51.5 Å². The zero-order valence-corrected chi connectivity index (χ0v) is 22.1. The molecule has 0 saturated carbocycles. The smallest absolute Gasteiger partial charge is 0.311 e. The first kappa shape index (κ1) is 29.7. The number of rotatable bonds is 8. The van der Waals surface area contributed by atoms with Gasteiger partial charge in [-0.25, -0.2) is 0 Å². The van der Waals surface area contributed by atoms with E-state index in [2.05, 4.69) is 13.0 Å². The van der Waals surface area contributed by atoms with E-state index in [0.29, 0.717) is 0 Å². The molecule has 0 aromatic carbocycles. The second kappa shape index (κ2) is 13.2. The van der Waals surface area contributed by atoms with Gasteiger partial charge in [0.2, 0.25) is 0 Å². The number of ether oxygens (including phenoxy) is 2. The van der Waals surface area contributed by atoms with Crippen LogP contribution in [0.25, 0.3) is 0 Å². The van der Waals surface area contributed by atoms with Gasteiger partial charge in [-0.15, -0.1) is 0 Å². The van der Waals surface area contributed by atoms with Gasteiger partial charge >= 0.3 is 5.97 Å². The standard InChI is InChI=1S/C28H46O7/c1-7-21(29)19(4)26-24(34-26)16-17(2)10-8-9-11-23-18(3)12-13-25(31)28(6,33)15-14-22(30)20(5)27(32)35-23/h8-13,17-26,29-31,33H,7,14-16H2,1-6H3/b10-8+,11-9+,13-12-. The molecule has 11 atom stereocenters. The molecular formula is C28H46O7. The summed E-state index contributed by atoms with van der Waals surface area (Å²) in [7, 11) is 0. The molecule has 0 spiro atoms. The van der Waals surface area contributed by atoms with Crippen LogP contribution in [0.15, 0.2) is 36.5 Å². The molecule has 2 aliphatic rings. The number of allylic oxidation sites excluding steroid dienone is 3. The maximum Gasteiger partial charge on any atom is 0.311 e. The molecule has 200 valence electrons. The van der Waals surface area contributed by atoms with Gasteiger partial charge < -0.3 is 29.9 Å². The number of aliphatic hydroxyl groups is 4. The lowest BCUT2D eigenvalue weighted by atomic mass is 9.88. The highest BCUT2D eigenvalue weighted by molar-refractivity contribution is 5.73. The molecule has 0 aliphatic carbocycles. The maximum atomic E-state index is 12.6. The number of hydrogen-bond donors (Lipinski definition) is 4. The quantitative estimate of drug-likeness (QED) is 0.177. The van der Waals surface area contributed by atoms with Crippen molar-refractivity contribution in [3.05, 3.63) is 36.5 Å². The number of hydrogen-bond acceptors (Lipinski definition) is 7. The minimum absolute atomic E-state index is 0.119. The third-order valence-electron chi connectivity index (χ3n) is 7.52. The summed E-state index contributed by atoms with van der Waals surface area (Å²) in [5, 5.41) is 41.4. The van der Waals surface area contributed by atoms with E-state index in [9.17, 15) is 25.2 Å². The Morgan fingerprint density at radius 2 is 1.89 bits per heavy atom. The Morgan fingerprint density at radius 1 is 1.20 bits per heavy atom. The first-order valence-corrected chi connectivity index (χ1v) is 13.0. The Bertz CT molecular complexity index is 758. The minimum Gasteiger partial charge on any atom is -0.457 e. The molecule has 35 heavy (non-hydrogen) atoms. The summed E-state index contributed by atoms with van der Waals surface area (Å²) in [6, 6.07) is 0. The minimum atomic E-state index is -1.40.